The monoisotopic (exact) mass is 332 g/mol. The number of anilines is 1. The number of carbonyl (C=O) groups excluding carboxylic acids is 1. The van der Waals surface area contributed by atoms with Gasteiger partial charge in [-0.2, -0.15) is 5.10 Å². The van der Waals surface area contributed by atoms with E-state index in [0.717, 1.165) is 5.69 Å². The van der Waals surface area contributed by atoms with E-state index in [2.05, 4.69) is 15.8 Å². The molecule has 2 aromatic carbocycles. The number of benzene rings is 2. The predicted molar refractivity (Wildman–Crippen MR) is 88.8 cm³/mol. The fourth-order valence-electron chi connectivity index (χ4n) is 1.65. The molecule has 0 radical (unpaired) electrons. The van der Waals surface area contributed by atoms with Crippen molar-refractivity contribution in [2.45, 2.75) is 0 Å². The lowest BCUT2D eigenvalue weighted by molar-refractivity contribution is -0.384. The molecule has 1 amide bonds. The molecular weight excluding hydrogens is 320 g/mol. The van der Waals surface area contributed by atoms with Crippen molar-refractivity contribution in [1.29, 1.82) is 0 Å². The second kappa shape index (κ2) is 7.90. The van der Waals surface area contributed by atoms with Crippen LogP contribution in [0.25, 0.3) is 0 Å². The molecular formula is C15H13ClN4O3. The van der Waals surface area contributed by atoms with E-state index in [1.54, 1.807) is 36.4 Å². The number of hydrazone groups is 1. The van der Waals surface area contributed by atoms with Crippen molar-refractivity contribution in [2.75, 3.05) is 11.9 Å². The number of hydrogen-bond acceptors (Lipinski definition) is 5. The number of halogens is 1. The summed E-state index contributed by atoms with van der Waals surface area (Å²) in [6, 6.07) is 12.8. The van der Waals surface area contributed by atoms with Gasteiger partial charge in [-0.1, -0.05) is 11.6 Å². The minimum absolute atomic E-state index is 0.00153. The van der Waals surface area contributed by atoms with Gasteiger partial charge in [0.2, 0.25) is 0 Å². The van der Waals surface area contributed by atoms with Crippen molar-refractivity contribution >= 4 is 35.1 Å². The lowest BCUT2D eigenvalue weighted by atomic mass is 10.2. The van der Waals surface area contributed by atoms with Crippen LogP contribution < -0.4 is 10.7 Å². The van der Waals surface area contributed by atoms with Crippen LogP contribution in [0, 0.1) is 10.1 Å². The minimum Gasteiger partial charge on any atom is -0.376 e. The highest BCUT2D eigenvalue weighted by Gasteiger charge is 2.03. The van der Waals surface area contributed by atoms with Crippen LogP contribution in [-0.4, -0.2) is 23.6 Å². The Morgan fingerprint density at radius 1 is 1.17 bits per heavy atom. The normalized spacial score (nSPS) is 10.5. The van der Waals surface area contributed by atoms with Crippen molar-refractivity contribution in [3.63, 3.8) is 0 Å². The number of carbonyl (C=O) groups is 1. The molecule has 2 rings (SSSR count). The Hall–Kier alpha value is -2.93. The Balaban J connectivity index is 1.79. The Labute approximate surface area is 137 Å². The third kappa shape index (κ3) is 5.40. The number of amides is 1. The first-order valence-corrected chi connectivity index (χ1v) is 6.98. The Bertz CT molecular complexity index is 715. The van der Waals surface area contributed by atoms with Crippen molar-refractivity contribution < 1.29 is 9.72 Å². The summed E-state index contributed by atoms with van der Waals surface area (Å²) in [7, 11) is 0. The van der Waals surface area contributed by atoms with Gasteiger partial charge in [0.15, 0.2) is 0 Å². The van der Waals surface area contributed by atoms with Crippen LogP contribution in [0.5, 0.6) is 0 Å². The summed E-state index contributed by atoms with van der Waals surface area (Å²) < 4.78 is 0. The summed E-state index contributed by atoms with van der Waals surface area (Å²) in [4.78, 5) is 21.7. The van der Waals surface area contributed by atoms with Crippen LogP contribution in [0.1, 0.15) is 5.56 Å². The number of rotatable bonds is 6. The molecule has 0 aromatic heterocycles. The van der Waals surface area contributed by atoms with Crippen LogP contribution in [0.4, 0.5) is 11.4 Å². The van der Waals surface area contributed by atoms with E-state index in [-0.39, 0.29) is 18.1 Å². The van der Waals surface area contributed by atoms with E-state index in [0.29, 0.717) is 10.6 Å². The molecule has 23 heavy (non-hydrogen) atoms. The molecule has 0 aliphatic rings. The Kier molecular flexibility index (Phi) is 5.65. The molecule has 118 valence electrons. The van der Waals surface area contributed by atoms with E-state index in [1.165, 1.54) is 18.3 Å². The van der Waals surface area contributed by atoms with Gasteiger partial charge in [-0.25, -0.2) is 5.43 Å². The molecule has 8 heteroatoms. The van der Waals surface area contributed by atoms with Gasteiger partial charge in [0.05, 0.1) is 17.7 Å². The molecule has 0 fully saturated rings. The predicted octanol–water partition coefficient (Wildman–Crippen LogP) is 2.81. The lowest BCUT2D eigenvalue weighted by Gasteiger charge is -2.04. The molecule has 0 bridgehead atoms. The van der Waals surface area contributed by atoms with Crippen molar-refractivity contribution in [3.8, 4) is 0 Å². The minimum atomic E-state index is -0.481. The van der Waals surface area contributed by atoms with Crippen LogP contribution in [0.3, 0.4) is 0 Å². The second-order valence-corrected chi connectivity index (χ2v) is 4.94. The zero-order valence-corrected chi connectivity index (χ0v) is 12.7. The van der Waals surface area contributed by atoms with E-state index < -0.39 is 4.92 Å². The molecule has 7 nitrogen and oxygen atoms in total. The zero-order valence-electron chi connectivity index (χ0n) is 11.9. The van der Waals surface area contributed by atoms with Gasteiger partial charge >= 0.3 is 0 Å². The van der Waals surface area contributed by atoms with Crippen molar-refractivity contribution in [3.05, 3.63) is 69.2 Å². The summed E-state index contributed by atoms with van der Waals surface area (Å²) in [6.45, 7) is 0.0548. The maximum absolute atomic E-state index is 11.6. The lowest BCUT2D eigenvalue weighted by Crippen LogP contribution is -2.25. The quantitative estimate of drug-likeness (QED) is 0.483. The van der Waals surface area contributed by atoms with Crippen molar-refractivity contribution in [2.24, 2.45) is 5.10 Å². The first-order chi connectivity index (χ1) is 11.0. The molecule has 0 aliphatic carbocycles. The molecule has 0 heterocycles. The molecule has 2 N–H and O–H groups in total. The molecule has 0 aliphatic heterocycles. The first-order valence-electron chi connectivity index (χ1n) is 6.60. The van der Waals surface area contributed by atoms with Gasteiger partial charge in [-0.3, -0.25) is 14.9 Å². The standard InChI is InChI=1S/C15H13ClN4O3/c16-12-3-5-13(6-4-12)17-10-15(21)19-18-9-11-1-7-14(8-2-11)20(22)23/h1-9,17H,10H2,(H,19,21). The maximum atomic E-state index is 11.6. The number of nitro groups is 1. The summed E-state index contributed by atoms with van der Waals surface area (Å²) in [5.74, 6) is -0.321. The number of hydrogen-bond donors (Lipinski definition) is 2. The zero-order chi connectivity index (χ0) is 16.7. The average molecular weight is 333 g/mol. The highest BCUT2D eigenvalue weighted by molar-refractivity contribution is 6.30. The van der Waals surface area contributed by atoms with E-state index in [1.807, 2.05) is 0 Å². The second-order valence-electron chi connectivity index (χ2n) is 4.50. The fourth-order valence-corrected chi connectivity index (χ4v) is 1.78. The summed E-state index contributed by atoms with van der Waals surface area (Å²) in [6.07, 6.45) is 1.41. The highest BCUT2D eigenvalue weighted by atomic mass is 35.5. The molecule has 0 unspecified atom stereocenters. The smallest absolute Gasteiger partial charge is 0.269 e. The van der Waals surface area contributed by atoms with Crippen molar-refractivity contribution in [1.82, 2.24) is 5.43 Å². The molecule has 0 spiro atoms. The van der Waals surface area contributed by atoms with Gasteiger partial charge in [-0.05, 0) is 42.0 Å². The number of nitrogens with zero attached hydrogens (tertiary/aromatic N) is 2. The van der Waals surface area contributed by atoms with Crippen LogP contribution >= 0.6 is 11.6 Å². The Morgan fingerprint density at radius 3 is 2.43 bits per heavy atom. The molecule has 0 saturated heterocycles. The van der Waals surface area contributed by atoms with Gasteiger partial charge in [0, 0.05) is 22.8 Å². The largest absolute Gasteiger partial charge is 0.376 e. The highest BCUT2D eigenvalue weighted by Crippen LogP contribution is 2.13. The molecule has 2 aromatic rings. The van der Waals surface area contributed by atoms with E-state index >= 15 is 0 Å². The molecule has 0 saturated carbocycles. The third-order valence-corrected chi connectivity index (χ3v) is 3.06. The van der Waals surface area contributed by atoms with Crippen LogP contribution in [0.15, 0.2) is 53.6 Å². The number of nitro benzene ring substituents is 1. The number of non-ortho nitro benzene ring substituents is 1. The first kappa shape index (κ1) is 16.4. The maximum Gasteiger partial charge on any atom is 0.269 e. The average Bonchev–Trinajstić information content (AvgIpc) is 2.55. The Morgan fingerprint density at radius 2 is 1.83 bits per heavy atom. The van der Waals surface area contributed by atoms with Gasteiger partial charge < -0.3 is 5.32 Å². The summed E-state index contributed by atoms with van der Waals surface area (Å²) in [5.41, 5.74) is 3.76. The van der Waals surface area contributed by atoms with E-state index in [9.17, 15) is 14.9 Å². The molecule has 0 atom stereocenters. The van der Waals surface area contributed by atoms with Crippen LogP contribution in [-0.2, 0) is 4.79 Å². The van der Waals surface area contributed by atoms with Gasteiger partial charge in [0.1, 0.15) is 0 Å². The van der Waals surface area contributed by atoms with Gasteiger partial charge in [-0.15, -0.1) is 0 Å². The number of nitrogens with one attached hydrogen (secondary N) is 2. The van der Waals surface area contributed by atoms with Crippen LogP contribution in [0.2, 0.25) is 5.02 Å². The summed E-state index contributed by atoms with van der Waals surface area (Å²) >= 11 is 5.76. The van der Waals surface area contributed by atoms with E-state index in [4.69, 9.17) is 11.6 Å². The fraction of sp³-hybridized carbons (Fsp3) is 0.0667. The third-order valence-electron chi connectivity index (χ3n) is 2.80. The topological polar surface area (TPSA) is 96.6 Å². The summed E-state index contributed by atoms with van der Waals surface area (Å²) in [5, 5.41) is 17.8. The SMILES string of the molecule is O=C(CNc1ccc(Cl)cc1)NN=Cc1ccc([N+](=O)[O-])cc1. The van der Waals surface area contributed by atoms with Gasteiger partial charge in [0.25, 0.3) is 11.6 Å².